The minimum absolute atomic E-state index is 0.568. The van der Waals surface area contributed by atoms with Crippen LogP contribution < -0.4 is 9.47 Å². The van der Waals surface area contributed by atoms with E-state index >= 15 is 0 Å². The van der Waals surface area contributed by atoms with Gasteiger partial charge in [-0.15, -0.1) is 0 Å². The third-order valence-electron chi connectivity index (χ3n) is 3.80. The molecule has 3 rings (SSSR count). The van der Waals surface area contributed by atoms with E-state index in [1.54, 1.807) is 20.4 Å². The fourth-order valence-corrected chi connectivity index (χ4v) is 2.58. The van der Waals surface area contributed by atoms with E-state index in [9.17, 15) is 5.26 Å². The number of methoxy groups -OCH3 is 2. The Labute approximate surface area is 140 Å². The number of benzene rings is 2. The second-order valence-corrected chi connectivity index (χ2v) is 5.25. The molecule has 5 nitrogen and oxygen atoms in total. The van der Waals surface area contributed by atoms with E-state index in [2.05, 4.69) is 11.1 Å². The number of hydrogen-bond acceptors (Lipinski definition) is 4. The van der Waals surface area contributed by atoms with Gasteiger partial charge < -0.3 is 14.0 Å². The first-order chi connectivity index (χ1) is 11.7. The summed E-state index contributed by atoms with van der Waals surface area (Å²) in [7, 11) is 3.24. The van der Waals surface area contributed by atoms with Crippen molar-refractivity contribution in [3.63, 3.8) is 0 Å². The van der Waals surface area contributed by atoms with Gasteiger partial charge >= 0.3 is 0 Å². The van der Waals surface area contributed by atoms with E-state index in [0.717, 1.165) is 17.0 Å². The second-order valence-electron chi connectivity index (χ2n) is 5.25. The number of ether oxygens (including phenoxy) is 2. The molecule has 0 amide bonds. The highest BCUT2D eigenvalue weighted by molar-refractivity contribution is 5.61. The molecular weight excluding hydrogens is 302 g/mol. The van der Waals surface area contributed by atoms with Gasteiger partial charge in [0, 0.05) is 24.0 Å². The summed E-state index contributed by atoms with van der Waals surface area (Å²) in [6.07, 6.45) is 3.64. The topological polar surface area (TPSA) is 60.1 Å². The van der Waals surface area contributed by atoms with Crippen LogP contribution in [0.25, 0.3) is 11.4 Å². The Morgan fingerprint density at radius 3 is 2.46 bits per heavy atom. The predicted octanol–water partition coefficient (Wildman–Crippen LogP) is 3.49. The lowest BCUT2D eigenvalue weighted by Gasteiger charge is -2.11. The molecule has 2 aromatic carbocycles. The van der Waals surface area contributed by atoms with Gasteiger partial charge in [-0.2, -0.15) is 5.26 Å². The summed E-state index contributed by atoms with van der Waals surface area (Å²) in [6, 6.07) is 15.4. The normalized spacial score (nSPS) is 10.2. The molecule has 5 heteroatoms. The van der Waals surface area contributed by atoms with Gasteiger partial charge in [-0.1, -0.05) is 18.2 Å². The molecule has 0 N–H and O–H groups in total. The molecule has 0 spiro atoms. The smallest absolute Gasteiger partial charge is 0.140 e. The molecule has 0 fully saturated rings. The molecular formula is C19H17N3O2. The van der Waals surface area contributed by atoms with Crippen LogP contribution in [-0.2, 0) is 6.54 Å². The molecule has 1 aromatic heterocycles. The lowest BCUT2D eigenvalue weighted by atomic mass is 10.1. The summed E-state index contributed by atoms with van der Waals surface area (Å²) in [6.45, 7) is 0.568. The molecule has 0 radical (unpaired) electrons. The van der Waals surface area contributed by atoms with Crippen molar-refractivity contribution >= 4 is 0 Å². The number of hydrogen-bond donors (Lipinski definition) is 0. The highest BCUT2D eigenvalue weighted by Gasteiger charge is 2.11. The van der Waals surface area contributed by atoms with E-state index < -0.39 is 0 Å². The van der Waals surface area contributed by atoms with Gasteiger partial charge in [-0.3, -0.25) is 0 Å². The van der Waals surface area contributed by atoms with Gasteiger partial charge in [0.05, 0.1) is 32.4 Å². The number of nitriles is 1. The lowest BCUT2D eigenvalue weighted by molar-refractivity contribution is 0.394. The summed E-state index contributed by atoms with van der Waals surface area (Å²) in [5.74, 6) is 2.20. The van der Waals surface area contributed by atoms with Crippen LogP contribution in [0, 0.1) is 11.3 Å². The first-order valence-electron chi connectivity index (χ1n) is 7.47. The van der Waals surface area contributed by atoms with Crippen LogP contribution >= 0.6 is 0 Å². The van der Waals surface area contributed by atoms with Crippen molar-refractivity contribution in [2.75, 3.05) is 14.2 Å². The fourth-order valence-electron chi connectivity index (χ4n) is 2.58. The lowest BCUT2D eigenvalue weighted by Crippen LogP contribution is -2.03. The molecule has 1 heterocycles. The van der Waals surface area contributed by atoms with Crippen LogP contribution in [0.4, 0.5) is 0 Å². The van der Waals surface area contributed by atoms with Gasteiger partial charge in [0.1, 0.15) is 17.3 Å². The summed E-state index contributed by atoms with van der Waals surface area (Å²) < 4.78 is 12.7. The first-order valence-corrected chi connectivity index (χ1v) is 7.47. The van der Waals surface area contributed by atoms with Crippen molar-refractivity contribution in [2.24, 2.45) is 0 Å². The van der Waals surface area contributed by atoms with Crippen LogP contribution in [0.5, 0.6) is 11.5 Å². The maximum Gasteiger partial charge on any atom is 0.140 e. The zero-order valence-corrected chi connectivity index (χ0v) is 13.6. The van der Waals surface area contributed by atoms with Gasteiger partial charge in [0.15, 0.2) is 0 Å². The number of aromatic nitrogens is 2. The van der Waals surface area contributed by atoms with E-state index in [1.165, 1.54) is 0 Å². The molecule has 0 unspecified atom stereocenters. The SMILES string of the molecule is COc1cc(OC)cc(-c2nccn2Cc2ccccc2C#N)c1. The van der Waals surface area contributed by atoms with Crippen molar-refractivity contribution in [3.05, 3.63) is 66.0 Å². The Balaban J connectivity index is 2.01. The van der Waals surface area contributed by atoms with E-state index in [-0.39, 0.29) is 0 Å². The average molecular weight is 319 g/mol. The maximum absolute atomic E-state index is 9.26. The molecule has 0 atom stereocenters. The van der Waals surface area contributed by atoms with Crippen LogP contribution in [0.2, 0.25) is 0 Å². The Kier molecular flexibility index (Phi) is 4.48. The molecule has 0 saturated heterocycles. The molecule has 0 saturated carbocycles. The minimum Gasteiger partial charge on any atom is -0.497 e. The van der Waals surface area contributed by atoms with Crippen molar-refractivity contribution in [1.29, 1.82) is 5.26 Å². The van der Waals surface area contributed by atoms with E-state index in [4.69, 9.17) is 9.47 Å². The highest BCUT2D eigenvalue weighted by atomic mass is 16.5. The summed E-state index contributed by atoms with van der Waals surface area (Å²) >= 11 is 0. The first kappa shape index (κ1) is 15.6. The van der Waals surface area contributed by atoms with Gasteiger partial charge in [0.2, 0.25) is 0 Å². The zero-order valence-electron chi connectivity index (χ0n) is 13.6. The van der Waals surface area contributed by atoms with E-state index in [0.29, 0.717) is 23.6 Å². The molecule has 24 heavy (non-hydrogen) atoms. The monoisotopic (exact) mass is 319 g/mol. The maximum atomic E-state index is 9.26. The van der Waals surface area contributed by atoms with Crippen molar-refractivity contribution < 1.29 is 9.47 Å². The number of imidazole rings is 1. The zero-order chi connectivity index (χ0) is 16.9. The van der Waals surface area contributed by atoms with Crippen molar-refractivity contribution in [3.8, 4) is 29.0 Å². The van der Waals surface area contributed by atoms with Gasteiger partial charge in [0.25, 0.3) is 0 Å². The molecule has 120 valence electrons. The minimum atomic E-state index is 0.568. The van der Waals surface area contributed by atoms with Crippen LogP contribution in [0.3, 0.4) is 0 Å². The van der Waals surface area contributed by atoms with Crippen LogP contribution in [0.15, 0.2) is 54.9 Å². The average Bonchev–Trinajstić information content (AvgIpc) is 3.09. The number of rotatable bonds is 5. The molecule has 0 aliphatic rings. The Morgan fingerprint density at radius 1 is 1.08 bits per heavy atom. The number of nitrogens with zero attached hydrogens (tertiary/aromatic N) is 3. The highest BCUT2D eigenvalue weighted by Crippen LogP contribution is 2.29. The largest absolute Gasteiger partial charge is 0.497 e. The van der Waals surface area contributed by atoms with Gasteiger partial charge in [-0.25, -0.2) is 4.98 Å². The Bertz CT molecular complexity index is 871. The third kappa shape index (κ3) is 3.08. The Hall–Kier alpha value is -3.26. The molecule has 0 bridgehead atoms. The summed E-state index contributed by atoms with van der Waals surface area (Å²) in [4.78, 5) is 4.46. The van der Waals surface area contributed by atoms with E-state index in [1.807, 2.05) is 53.2 Å². The quantitative estimate of drug-likeness (QED) is 0.722. The van der Waals surface area contributed by atoms with Crippen molar-refractivity contribution in [2.45, 2.75) is 6.54 Å². The Morgan fingerprint density at radius 2 is 1.79 bits per heavy atom. The van der Waals surface area contributed by atoms with Gasteiger partial charge in [-0.05, 0) is 23.8 Å². The third-order valence-corrected chi connectivity index (χ3v) is 3.80. The molecule has 0 aliphatic carbocycles. The fraction of sp³-hybridized carbons (Fsp3) is 0.158. The summed E-state index contributed by atoms with van der Waals surface area (Å²) in [5.41, 5.74) is 2.51. The standard InChI is InChI=1S/C19H17N3O2/c1-23-17-9-16(10-18(11-17)24-2)19-21-7-8-22(19)13-15-6-4-3-5-14(15)12-20/h3-11H,13H2,1-2H3. The van der Waals surface area contributed by atoms with Crippen molar-refractivity contribution in [1.82, 2.24) is 9.55 Å². The predicted molar refractivity (Wildman–Crippen MR) is 91.0 cm³/mol. The second kappa shape index (κ2) is 6.88. The molecule has 3 aromatic rings. The van der Waals surface area contributed by atoms with Crippen LogP contribution in [-0.4, -0.2) is 23.8 Å². The van der Waals surface area contributed by atoms with Crippen LogP contribution in [0.1, 0.15) is 11.1 Å². The summed E-state index contributed by atoms with van der Waals surface area (Å²) in [5, 5.41) is 9.26. The molecule has 0 aliphatic heterocycles.